The summed E-state index contributed by atoms with van der Waals surface area (Å²) in [7, 11) is 0. The second kappa shape index (κ2) is 13.0. The van der Waals surface area contributed by atoms with Crippen molar-refractivity contribution in [3.8, 4) is 0 Å². The van der Waals surface area contributed by atoms with Crippen LogP contribution in [0.4, 0.5) is 5.82 Å². The Kier molecular flexibility index (Phi) is 9.22. The Morgan fingerprint density at radius 3 is 2.59 bits per heavy atom. The van der Waals surface area contributed by atoms with Gasteiger partial charge in [-0.3, -0.25) is 4.79 Å². The quantitative estimate of drug-likeness (QED) is 0.344. The highest BCUT2D eigenvalue weighted by Crippen LogP contribution is 2.29. The molecule has 1 saturated carbocycles. The standard InChI is InChI=1S/C30H34N4O3/c1-2-26(22-8-10-24(11-9-22)28(36)20-35)31-17-16-23-12-14-27(23)34-29-15-13-25(19-32-29)30(37)33-18-21-6-4-3-5-7-21/h3-4,6,8-11,13,15,19,23,28,31,35-36H,1,5,7,12,14,16-18,20H2,(H,33,37). The zero-order chi connectivity index (χ0) is 26.0. The molecule has 4 rings (SSSR count). The highest BCUT2D eigenvalue weighted by atomic mass is 16.3. The van der Waals surface area contributed by atoms with Crippen LogP contribution >= 0.6 is 0 Å². The van der Waals surface area contributed by atoms with Gasteiger partial charge in [0, 0.05) is 30.6 Å². The summed E-state index contributed by atoms with van der Waals surface area (Å²) in [4.78, 5) is 21.5. The molecule has 1 aromatic carbocycles. The number of carbonyl (C=O) groups excluding carboxylic acids is 1. The lowest BCUT2D eigenvalue weighted by molar-refractivity contribution is 0.0955. The van der Waals surface area contributed by atoms with E-state index in [9.17, 15) is 9.90 Å². The van der Waals surface area contributed by atoms with Gasteiger partial charge in [0.15, 0.2) is 5.82 Å². The molecule has 2 unspecified atom stereocenters. The first-order valence-corrected chi connectivity index (χ1v) is 12.8. The molecule has 7 heteroatoms. The van der Waals surface area contributed by atoms with E-state index >= 15 is 0 Å². The van der Waals surface area contributed by atoms with Gasteiger partial charge >= 0.3 is 0 Å². The second-order valence-corrected chi connectivity index (χ2v) is 9.31. The van der Waals surface area contributed by atoms with Crippen LogP contribution in [0.2, 0.25) is 0 Å². The number of nitrogens with zero attached hydrogens (tertiary/aromatic N) is 2. The van der Waals surface area contributed by atoms with E-state index in [4.69, 9.17) is 10.1 Å². The van der Waals surface area contributed by atoms with Crippen molar-refractivity contribution >= 4 is 23.1 Å². The zero-order valence-electron chi connectivity index (χ0n) is 21.0. The Balaban J connectivity index is 1.25. The third-order valence-corrected chi connectivity index (χ3v) is 6.79. The SMILES string of the molecule is C=C=C(NCCC1CCC1=Nc1ccc(C(=O)NCC2=CC=CCC2)cn1)c1ccc(C(O)CO)cc1. The van der Waals surface area contributed by atoms with Crippen molar-refractivity contribution in [2.45, 2.75) is 38.2 Å². The van der Waals surface area contributed by atoms with E-state index < -0.39 is 6.10 Å². The largest absolute Gasteiger partial charge is 0.393 e. The van der Waals surface area contributed by atoms with E-state index in [1.54, 1.807) is 30.5 Å². The van der Waals surface area contributed by atoms with Crippen LogP contribution in [0, 0.1) is 5.92 Å². The summed E-state index contributed by atoms with van der Waals surface area (Å²) >= 11 is 0. The van der Waals surface area contributed by atoms with Crippen LogP contribution in [-0.4, -0.2) is 46.5 Å². The fourth-order valence-electron chi connectivity index (χ4n) is 4.38. The number of benzene rings is 1. The van der Waals surface area contributed by atoms with E-state index in [1.165, 1.54) is 5.57 Å². The van der Waals surface area contributed by atoms with Crippen LogP contribution in [-0.2, 0) is 0 Å². The van der Waals surface area contributed by atoms with Crippen LogP contribution in [0.1, 0.15) is 59.7 Å². The molecule has 0 saturated heterocycles. The minimum absolute atomic E-state index is 0.125. The Morgan fingerprint density at radius 1 is 1.16 bits per heavy atom. The number of aliphatic hydroxyl groups is 2. The van der Waals surface area contributed by atoms with Crippen molar-refractivity contribution in [2.75, 3.05) is 19.7 Å². The number of aliphatic imine (C=N–C) groups is 1. The molecule has 192 valence electrons. The summed E-state index contributed by atoms with van der Waals surface area (Å²) in [6.45, 7) is 4.79. The van der Waals surface area contributed by atoms with Gasteiger partial charge in [0.1, 0.15) is 6.10 Å². The minimum Gasteiger partial charge on any atom is -0.393 e. The molecule has 2 atom stereocenters. The number of amides is 1. The number of pyridine rings is 1. The lowest BCUT2D eigenvalue weighted by Gasteiger charge is -2.28. The Morgan fingerprint density at radius 2 is 1.97 bits per heavy atom. The molecule has 1 aromatic heterocycles. The third kappa shape index (κ3) is 7.14. The van der Waals surface area contributed by atoms with Crippen LogP contribution in [0.5, 0.6) is 0 Å². The third-order valence-electron chi connectivity index (χ3n) is 6.79. The maximum absolute atomic E-state index is 12.4. The van der Waals surface area contributed by atoms with Crippen LogP contribution < -0.4 is 10.6 Å². The number of rotatable bonds is 11. The zero-order valence-corrected chi connectivity index (χ0v) is 21.0. The number of hydrogen-bond donors (Lipinski definition) is 4. The summed E-state index contributed by atoms with van der Waals surface area (Å²) in [5.74, 6) is 0.893. The summed E-state index contributed by atoms with van der Waals surface area (Å²) in [5, 5.41) is 25.2. The van der Waals surface area contributed by atoms with Gasteiger partial charge in [-0.1, -0.05) is 54.6 Å². The Bertz CT molecular complexity index is 1220. The molecule has 0 spiro atoms. The van der Waals surface area contributed by atoms with Crippen molar-refractivity contribution in [1.82, 2.24) is 15.6 Å². The van der Waals surface area contributed by atoms with E-state index in [0.29, 0.717) is 29.4 Å². The molecule has 0 aliphatic heterocycles. The van der Waals surface area contributed by atoms with Crippen molar-refractivity contribution in [3.63, 3.8) is 0 Å². The number of hydrogen-bond acceptors (Lipinski definition) is 6. The fraction of sp³-hybridized carbons (Fsp3) is 0.333. The first-order chi connectivity index (χ1) is 18.1. The van der Waals surface area contributed by atoms with Crippen molar-refractivity contribution < 1.29 is 15.0 Å². The molecule has 37 heavy (non-hydrogen) atoms. The van der Waals surface area contributed by atoms with E-state index in [2.05, 4.69) is 40.1 Å². The summed E-state index contributed by atoms with van der Waals surface area (Å²) < 4.78 is 0. The molecular weight excluding hydrogens is 464 g/mol. The molecule has 0 radical (unpaired) electrons. The average Bonchev–Trinajstić information content (AvgIpc) is 2.94. The van der Waals surface area contributed by atoms with Crippen LogP contribution in [0.3, 0.4) is 0 Å². The van der Waals surface area contributed by atoms with Gasteiger partial charge in [-0.15, -0.1) is 5.73 Å². The molecule has 1 heterocycles. The number of allylic oxidation sites excluding steroid dienone is 3. The van der Waals surface area contributed by atoms with Gasteiger partial charge < -0.3 is 20.8 Å². The van der Waals surface area contributed by atoms with Gasteiger partial charge in [-0.25, -0.2) is 9.98 Å². The van der Waals surface area contributed by atoms with Crippen molar-refractivity contribution in [1.29, 1.82) is 0 Å². The maximum Gasteiger partial charge on any atom is 0.253 e. The van der Waals surface area contributed by atoms with Crippen LogP contribution in [0.25, 0.3) is 5.70 Å². The topological polar surface area (TPSA) is 107 Å². The van der Waals surface area contributed by atoms with Gasteiger partial charge in [0.2, 0.25) is 0 Å². The van der Waals surface area contributed by atoms with Gasteiger partial charge in [0.25, 0.3) is 5.91 Å². The fourth-order valence-corrected chi connectivity index (χ4v) is 4.38. The van der Waals surface area contributed by atoms with E-state index in [1.807, 2.05) is 18.2 Å². The summed E-state index contributed by atoms with van der Waals surface area (Å²) in [6.07, 6.45) is 11.9. The van der Waals surface area contributed by atoms with E-state index in [-0.39, 0.29) is 12.5 Å². The highest BCUT2D eigenvalue weighted by molar-refractivity contribution is 5.95. The lowest BCUT2D eigenvalue weighted by atomic mass is 9.80. The maximum atomic E-state index is 12.4. The molecule has 2 aromatic rings. The molecule has 2 aliphatic carbocycles. The van der Waals surface area contributed by atoms with Crippen molar-refractivity contribution in [3.05, 3.63) is 95.4 Å². The molecule has 1 amide bonds. The smallest absolute Gasteiger partial charge is 0.253 e. The molecular formula is C30H34N4O3. The first kappa shape index (κ1) is 26.3. The van der Waals surface area contributed by atoms with E-state index in [0.717, 1.165) is 55.6 Å². The molecule has 0 bridgehead atoms. The monoisotopic (exact) mass is 498 g/mol. The predicted octanol–water partition coefficient (Wildman–Crippen LogP) is 4.40. The molecule has 4 N–H and O–H groups in total. The highest BCUT2D eigenvalue weighted by Gasteiger charge is 2.25. The average molecular weight is 499 g/mol. The second-order valence-electron chi connectivity index (χ2n) is 9.31. The lowest BCUT2D eigenvalue weighted by Crippen LogP contribution is -2.29. The van der Waals surface area contributed by atoms with Gasteiger partial charge in [-0.05, 0) is 55.7 Å². The summed E-state index contributed by atoms with van der Waals surface area (Å²) in [5.41, 5.74) is 8.24. The number of aliphatic hydroxyl groups excluding tert-OH is 2. The predicted molar refractivity (Wildman–Crippen MR) is 147 cm³/mol. The molecule has 1 fully saturated rings. The Labute approximate surface area is 218 Å². The van der Waals surface area contributed by atoms with Crippen LogP contribution in [0.15, 0.2) is 83.7 Å². The van der Waals surface area contributed by atoms with Gasteiger partial charge in [0.05, 0.1) is 17.9 Å². The minimum atomic E-state index is -0.876. The number of carbonyl (C=O) groups is 1. The van der Waals surface area contributed by atoms with Crippen molar-refractivity contribution in [2.24, 2.45) is 10.9 Å². The Hall–Kier alpha value is -3.77. The molecule has 2 aliphatic rings. The number of nitrogens with one attached hydrogen (secondary N) is 2. The normalized spacial score (nSPS) is 18.4. The summed E-state index contributed by atoms with van der Waals surface area (Å²) in [6, 6.07) is 10.9. The molecule has 7 nitrogen and oxygen atoms in total. The first-order valence-electron chi connectivity index (χ1n) is 12.8. The number of aromatic nitrogens is 1. The van der Waals surface area contributed by atoms with Gasteiger partial charge in [-0.2, -0.15) is 0 Å².